The van der Waals surface area contributed by atoms with Gasteiger partial charge in [0.2, 0.25) is 0 Å². The number of hydrogen-bond donors (Lipinski definition) is 1. The lowest BCUT2D eigenvalue weighted by Crippen LogP contribution is -2.02. The first-order valence-electron chi connectivity index (χ1n) is 4.13. The number of rotatable bonds is 3. The Bertz CT molecular complexity index is 333. The first-order valence-corrected chi connectivity index (χ1v) is 4.13. The van der Waals surface area contributed by atoms with Gasteiger partial charge in [0.25, 0.3) is 0 Å². The van der Waals surface area contributed by atoms with Gasteiger partial charge in [-0.2, -0.15) is 0 Å². The van der Waals surface area contributed by atoms with Gasteiger partial charge in [-0.05, 0) is 12.1 Å². The van der Waals surface area contributed by atoms with Gasteiger partial charge in [-0.15, -0.1) is 0 Å². The molecule has 14 heavy (non-hydrogen) atoms. The molecule has 0 saturated heterocycles. The molecule has 0 fully saturated rings. The van der Waals surface area contributed by atoms with Gasteiger partial charge in [0, 0.05) is 18.6 Å². The Morgan fingerprint density at radius 1 is 1.50 bits per heavy atom. The lowest BCUT2D eigenvalue weighted by atomic mass is 10.2. The van der Waals surface area contributed by atoms with E-state index in [1.807, 2.05) is 0 Å². The van der Waals surface area contributed by atoms with E-state index >= 15 is 0 Å². The second-order valence-corrected chi connectivity index (χ2v) is 2.73. The standard InChI is InChI=1S/C10H12O4/c1-7(12)14-9-4-3-8(6-11)10(5-9)13-2/h3-5,11H,6H2,1-2H3. The topological polar surface area (TPSA) is 55.8 Å². The van der Waals surface area contributed by atoms with Crippen LogP contribution < -0.4 is 9.47 Å². The Morgan fingerprint density at radius 2 is 2.21 bits per heavy atom. The van der Waals surface area contributed by atoms with Gasteiger partial charge in [0.05, 0.1) is 13.7 Å². The quantitative estimate of drug-likeness (QED) is 0.581. The summed E-state index contributed by atoms with van der Waals surface area (Å²) in [7, 11) is 1.49. The highest BCUT2D eigenvalue weighted by molar-refractivity contribution is 5.69. The number of esters is 1. The summed E-state index contributed by atoms with van der Waals surface area (Å²) >= 11 is 0. The highest BCUT2D eigenvalue weighted by atomic mass is 16.5. The number of methoxy groups -OCH3 is 1. The van der Waals surface area contributed by atoms with E-state index < -0.39 is 0 Å². The highest BCUT2D eigenvalue weighted by Gasteiger charge is 2.05. The van der Waals surface area contributed by atoms with E-state index in [9.17, 15) is 4.79 Å². The summed E-state index contributed by atoms with van der Waals surface area (Å²) in [6.45, 7) is 1.22. The van der Waals surface area contributed by atoms with Crippen LogP contribution in [0, 0.1) is 0 Å². The third-order valence-corrected chi connectivity index (χ3v) is 1.69. The zero-order chi connectivity index (χ0) is 10.6. The number of carbonyl (C=O) groups is 1. The largest absolute Gasteiger partial charge is 0.496 e. The van der Waals surface area contributed by atoms with E-state index in [2.05, 4.69) is 0 Å². The summed E-state index contributed by atoms with van der Waals surface area (Å²) in [5.74, 6) is 0.529. The van der Waals surface area contributed by atoms with Crippen molar-refractivity contribution in [3.05, 3.63) is 23.8 Å². The van der Waals surface area contributed by atoms with Gasteiger partial charge < -0.3 is 14.6 Å². The SMILES string of the molecule is COc1cc(OC(C)=O)ccc1CO. The molecule has 0 spiro atoms. The van der Waals surface area contributed by atoms with Crippen LogP contribution in [0.25, 0.3) is 0 Å². The van der Waals surface area contributed by atoms with E-state index in [0.29, 0.717) is 17.1 Å². The molecule has 0 aliphatic rings. The summed E-state index contributed by atoms with van der Waals surface area (Å²) in [6, 6.07) is 4.82. The Morgan fingerprint density at radius 3 is 2.71 bits per heavy atom. The minimum atomic E-state index is -0.385. The molecular formula is C10H12O4. The fourth-order valence-electron chi connectivity index (χ4n) is 1.08. The zero-order valence-corrected chi connectivity index (χ0v) is 8.11. The van der Waals surface area contributed by atoms with E-state index in [1.54, 1.807) is 18.2 Å². The third kappa shape index (κ3) is 2.47. The van der Waals surface area contributed by atoms with Crippen LogP contribution in [0.2, 0.25) is 0 Å². The summed E-state index contributed by atoms with van der Waals surface area (Å²) in [5, 5.41) is 8.93. The fourth-order valence-corrected chi connectivity index (χ4v) is 1.08. The van der Waals surface area contributed by atoms with Crippen LogP contribution in [0.15, 0.2) is 18.2 Å². The molecule has 0 saturated carbocycles. The molecule has 1 aromatic carbocycles. The molecule has 0 aliphatic carbocycles. The Hall–Kier alpha value is -1.55. The van der Waals surface area contributed by atoms with Gasteiger partial charge in [-0.1, -0.05) is 0 Å². The van der Waals surface area contributed by atoms with Crippen molar-refractivity contribution in [2.75, 3.05) is 7.11 Å². The van der Waals surface area contributed by atoms with Gasteiger partial charge in [-0.25, -0.2) is 0 Å². The summed E-state index contributed by atoms with van der Waals surface area (Å²) in [6.07, 6.45) is 0. The van der Waals surface area contributed by atoms with Crippen LogP contribution in [0.4, 0.5) is 0 Å². The van der Waals surface area contributed by atoms with Gasteiger partial charge >= 0.3 is 5.97 Å². The van der Waals surface area contributed by atoms with Crippen molar-refractivity contribution in [2.45, 2.75) is 13.5 Å². The molecule has 0 radical (unpaired) electrons. The van der Waals surface area contributed by atoms with E-state index in [-0.39, 0.29) is 12.6 Å². The smallest absolute Gasteiger partial charge is 0.308 e. The molecule has 0 aliphatic heterocycles. The second kappa shape index (κ2) is 4.62. The molecule has 0 atom stereocenters. The van der Waals surface area contributed by atoms with Crippen molar-refractivity contribution in [1.29, 1.82) is 0 Å². The van der Waals surface area contributed by atoms with Crippen molar-refractivity contribution in [2.24, 2.45) is 0 Å². The Labute approximate surface area is 82.1 Å². The minimum Gasteiger partial charge on any atom is -0.496 e. The minimum absolute atomic E-state index is 0.108. The van der Waals surface area contributed by atoms with Crippen molar-refractivity contribution >= 4 is 5.97 Å². The average molecular weight is 196 g/mol. The maximum absolute atomic E-state index is 10.7. The number of ether oxygens (including phenoxy) is 2. The normalized spacial score (nSPS) is 9.64. The van der Waals surface area contributed by atoms with E-state index in [1.165, 1.54) is 14.0 Å². The van der Waals surface area contributed by atoms with Crippen LogP contribution in [0.5, 0.6) is 11.5 Å². The summed E-state index contributed by atoms with van der Waals surface area (Å²) < 4.78 is 9.86. The molecule has 1 aromatic rings. The average Bonchev–Trinajstić information content (AvgIpc) is 2.16. The molecular weight excluding hydrogens is 184 g/mol. The lowest BCUT2D eigenvalue weighted by Gasteiger charge is -2.08. The predicted octanol–water partition coefficient (Wildman–Crippen LogP) is 1.11. The maximum Gasteiger partial charge on any atom is 0.308 e. The summed E-state index contributed by atoms with van der Waals surface area (Å²) in [5.41, 5.74) is 0.656. The number of carbonyl (C=O) groups excluding carboxylic acids is 1. The van der Waals surface area contributed by atoms with Crippen molar-refractivity contribution in [3.8, 4) is 11.5 Å². The molecule has 0 unspecified atom stereocenters. The van der Waals surface area contributed by atoms with Crippen LogP contribution in [0.1, 0.15) is 12.5 Å². The van der Waals surface area contributed by atoms with Crippen molar-refractivity contribution < 1.29 is 19.4 Å². The number of benzene rings is 1. The van der Waals surface area contributed by atoms with Crippen molar-refractivity contribution in [1.82, 2.24) is 0 Å². The molecule has 4 heteroatoms. The van der Waals surface area contributed by atoms with Crippen LogP contribution in [-0.4, -0.2) is 18.2 Å². The highest BCUT2D eigenvalue weighted by Crippen LogP contribution is 2.24. The van der Waals surface area contributed by atoms with Crippen LogP contribution in [-0.2, 0) is 11.4 Å². The number of aliphatic hydroxyl groups is 1. The molecule has 0 aromatic heterocycles. The third-order valence-electron chi connectivity index (χ3n) is 1.69. The molecule has 0 heterocycles. The maximum atomic E-state index is 10.7. The molecule has 76 valence electrons. The first-order chi connectivity index (χ1) is 6.67. The van der Waals surface area contributed by atoms with Crippen LogP contribution in [0.3, 0.4) is 0 Å². The van der Waals surface area contributed by atoms with Crippen LogP contribution >= 0.6 is 0 Å². The summed E-state index contributed by atoms with van der Waals surface area (Å²) in [4.78, 5) is 10.7. The lowest BCUT2D eigenvalue weighted by molar-refractivity contribution is -0.131. The predicted molar refractivity (Wildman–Crippen MR) is 50.2 cm³/mol. The van der Waals surface area contributed by atoms with E-state index in [4.69, 9.17) is 14.6 Å². The fraction of sp³-hybridized carbons (Fsp3) is 0.300. The van der Waals surface area contributed by atoms with Gasteiger partial charge in [0.15, 0.2) is 0 Å². The zero-order valence-electron chi connectivity index (χ0n) is 8.11. The molecule has 1 rings (SSSR count). The second-order valence-electron chi connectivity index (χ2n) is 2.73. The Kier molecular flexibility index (Phi) is 3.48. The number of hydrogen-bond acceptors (Lipinski definition) is 4. The number of aliphatic hydroxyl groups excluding tert-OH is 1. The molecule has 1 N–H and O–H groups in total. The molecule has 0 bridgehead atoms. The van der Waals surface area contributed by atoms with E-state index in [0.717, 1.165) is 0 Å². The first kappa shape index (κ1) is 10.5. The Balaban J connectivity index is 2.95. The van der Waals surface area contributed by atoms with Gasteiger partial charge in [-0.3, -0.25) is 4.79 Å². The molecule has 0 amide bonds. The monoisotopic (exact) mass is 196 g/mol. The van der Waals surface area contributed by atoms with Gasteiger partial charge in [0.1, 0.15) is 11.5 Å². The molecule has 4 nitrogen and oxygen atoms in total. The van der Waals surface area contributed by atoms with Crippen molar-refractivity contribution in [3.63, 3.8) is 0 Å².